The summed E-state index contributed by atoms with van der Waals surface area (Å²) in [5.41, 5.74) is -0.743. The summed E-state index contributed by atoms with van der Waals surface area (Å²) in [6.45, 7) is 7.00. The number of carbonyl (C=O) groups excluding carboxylic acids is 2. The van der Waals surface area contributed by atoms with Crippen molar-refractivity contribution >= 4 is 57.2 Å². The first kappa shape index (κ1) is 27.8. The number of aromatic nitrogens is 1. The molecule has 0 radical (unpaired) electrons. The van der Waals surface area contributed by atoms with Crippen molar-refractivity contribution in [1.82, 2.24) is 25.0 Å². The van der Waals surface area contributed by atoms with Gasteiger partial charge in [0.15, 0.2) is 5.54 Å². The molecule has 198 valence electrons. The Labute approximate surface area is 233 Å². The lowest BCUT2D eigenvalue weighted by Crippen LogP contribution is -2.60. The average Bonchev–Trinajstić information content (AvgIpc) is 3.33. The molecule has 2 aliphatic rings. The van der Waals surface area contributed by atoms with Crippen LogP contribution >= 0.6 is 35.3 Å². The lowest BCUT2D eigenvalue weighted by molar-refractivity contribution is -0.140. The standard InChI is InChI=1S/C27H32ClN5O2S.ClH/c1-27(24-5-3-4-10-29-24,30-25(34)23-17-19-6-7-20(28)18-22(19)36-23)26(35)33-15-13-32(14-16-33)21-8-11-31(2)12-9-21;/h3-7,10,17-18,21H,8-9,11-16H2,1-2H3,(H,30,34);1H/t27-;/m0./s1. The van der Waals surface area contributed by atoms with E-state index in [-0.39, 0.29) is 24.2 Å². The Balaban J connectivity index is 0.00000320. The van der Waals surface area contributed by atoms with Crippen LogP contribution in [0.3, 0.4) is 0 Å². The fourth-order valence-electron chi connectivity index (χ4n) is 5.26. The first-order valence-corrected chi connectivity index (χ1v) is 13.7. The van der Waals surface area contributed by atoms with Crippen LogP contribution in [0.5, 0.6) is 0 Å². The predicted octanol–water partition coefficient (Wildman–Crippen LogP) is 4.26. The molecule has 2 fully saturated rings. The number of benzene rings is 1. The molecule has 2 saturated heterocycles. The molecule has 2 aliphatic heterocycles. The number of hydrogen-bond donors (Lipinski definition) is 1. The average molecular weight is 563 g/mol. The van der Waals surface area contributed by atoms with Crippen LogP contribution in [0, 0.1) is 0 Å². The maximum absolute atomic E-state index is 14.0. The summed E-state index contributed by atoms with van der Waals surface area (Å²) < 4.78 is 0.934. The molecule has 1 aromatic carbocycles. The lowest BCUT2D eigenvalue weighted by atomic mass is 9.93. The maximum Gasteiger partial charge on any atom is 0.262 e. The van der Waals surface area contributed by atoms with Gasteiger partial charge < -0.3 is 15.1 Å². The number of nitrogens with zero attached hydrogens (tertiary/aromatic N) is 4. The van der Waals surface area contributed by atoms with Crippen molar-refractivity contribution < 1.29 is 9.59 Å². The van der Waals surface area contributed by atoms with Gasteiger partial charge in [0.2, 0.25) is 0 Å². The van der Waals surface area contributed by atoms with E-state index in [9.17, 15) is 9.59 Å². The first-order valence-electron chi connectivity index (χ1n) is 12.5. The zero-order valence-corrected chi connectivity index (χ0v) is 23.5. The molecule has 10 heteroatoms. The van der Waals surface area contributed by atoms with Gasteiger partial charge in [-0.2, -0.15) is 0 Å². The third-order valence-electron chi connectivity index (χ3n) is 7.48. The van der Waals surface area contributed by atoms with Crippen LogP contribution in [-0.4, -0.2) is 83.9 Å². The van der Waals surface area contributed by atoms with Gasteiger partial charge in [-0.05, 0) is 75.6 Å². The van der Waals surface area contributed by atoms with E-state index in [1.54, 1.807) is 19.2 Å². The molecule has 4 heterocycles. The number of amides is 2. The summed E-state index contributed by atoms with van der Waals surface area (Å²) in [4.78, 5) is 39.2. The monoisotopic (exact) mass is 561 g/mol. The third kappa shape index (κ3) is 5.94. The van der Waals surface area contributed by atoms with Crippen molar-refractivity contribution in [2.75, 3.05) is 46.3 Å². The molecule has 1 N–H and O–H groups in total. The van der Waals surface area contributed by atoms with Crippen molar-refractivity contribution in [1.29, 1.82) is 0 Å². The highest BCUT2D eigenvalue weighted by Gasteiger charge is 2.42. The van der Waals surface area contributed by atoms with Crippen LogP contribution in [0.2, 0.25) is 5.02 Å². The number of halogens is 2. The number of thiophene rings is 1. The van der Waals surface area contributed by atoms with Crippen LogP contribution in [0.25, 0.3) is 10.1 Å². The summed E-state index contributed by atoms with van der Waals surface area (Å²) in [7, 11) is 2.17. The summed E-state index contributed by atoms with van der Waals surface area (Å²) in [6, 6.07) is 13.5. The van der Waals surface area contributed by atoms with Crippen molar-refractivity contribution in [3.8, 4) is 0 Å². The van der Waals surface area contributed by atoms with Gasteiger partial charge >= 0.3 is 0 Å². The SMILES string of the molecule is CN1CCC(N2CCN(C(=O)[C@@](C)(NC(=O)c3cc4ccc(Cl)cc4s3)c3ccccn3)CC2)CC1.Cl. The minimum Gasteiger partial charge on any atom is -0.338 e. The van der Waals surface area contributed by atoms with E-state index in [1.807, 2.05) is 41.3 Å². The Morgan fingerprint density at radius 2 is 1.78 bits per heavy atom. The number of fused-ring (bicyclic) bond motifs is 1. The highest BCUT2D eigenvalue weighted by atomic mass is 35.5. The molecule has 0 unspecified atom stereocenters. The molecule has 0 spiro atoms. The number of rotatable bonds is 5. The minimum atomic E-state index is -1.28. The normalized spacial score (nSPS) is 19.3. The van der Waals surface area contributed by atoms with Gasteiger partial charge in [0.1, 0.15) is 0 Å². The highest BCUT2D eigenvalue weighted by molar-refractivity contribution is 7.20. The molecule has 0 bridgehead atoms. The lowest BCUT2D eigenvalue weighted by Gasteiger charge is -2.44. The molecule has 0 saturated carbocycles. The number of pyridine rings is 1. The first-order chi connectivity index (χ1) is 17.3. The Hall–Kier alpha value is -2.23. The number of piperidine rings is 1. The molecule has 0 aliphatic carbocycles. The van der Waals surface area contributed by atoms with Crippen molar-refractivity contribution in [3.63, 3.8) is 0 Å². The van der Waals surface area contributed by atoms with Gasteiger partial charge in [0.05, 0.1) is 10.6 Å². The molecule has 1 atom stereocenters. The molecule has 3 aromatic rings. The number of nitrogens with one attached hydrogen (secondary N) is 1. The van der Waals surface area contributed by atoms with Crippen LogP contribution < -0.4 is 5.32 Å². The molecule has 7 nitrogen and oxygen atoms in total. The van der Waals surface area contributed by atoms with E-state index < -0.39 is 5.54 Å². The molecule has 2 aromatic heterocycles. The second-order valence-corrected chi connectivity index (χ2v) is 11.5. The summed E-state index contributed by atoms with van der Waals surface area (Å²) in [5, 5.41) is 4.62. The van der Waals surface area contributed by atoms with Crippen molar-refractivity contribution in [2.45, 2.75) is 31.3 Å². The Kier molecular flexibility index (Phi) is 8.76. The molecule has 2 amide bonds. The van der Waals surface area contributed by atoms with Gasteiger partial charge in [-0.3, -0.25) is 19.5 Å². The summed E-state index contributed by atoms with van der Waals surface area (Å²) in [6.07, 6.45) is 4.01. The number of piperazine rings is 1. The molecule has 5 rings (SSSR count). The van der Waals surface area contributed by atoms with Gasteiger partial charge in [-0.1, -0.05) is 23.7 Å². The maximum atomic E-state index is 14.0. The summed E-state index contributed by atoms with van der Waals surface area (Å²) >= 11 is 7.50. The summed E-state index contributed by atoms with van der Waals surface area (Å²) in [5.74, 6) is -0.416. The van der Waals surface area contributed by atoms with E-state index in [0.29, 0.717) is 34.7 Å². The highest BCUT2D eigenvalue weighted by Crippen LogP contribution is 2.30. The number of carbonyl (C=O) groups is 2. The molecular weight excluding hydrogens is 529 g/mol. The fourth-order valence-corrected chi connectivity index (χ4v) is 6.49. The second kappa shape index (κ2) is 11.7. The van der Waals surface area contributed by atoms with E-state index in [4.69, 9.17) is 11.6 Å². The number of hydrogen-bond acceptors (Lipinski definition) is 6. The van der Waals surface area contributed by atoms with E-state index >= 15 is 0 Å². The topological polar surface area (TPSA) is 68.8 Å². The quantitative estimate of drug-likeness (QED) is 0.504. The predicted molar refractivity (Wildman–Crippen MR) is 152 cm³/mol. The van der Waals surface area contributed by atoms with Gasteiger partial charge in [-0.15, -0.1) is 23.7 Å². The zero-order chi connectivity index (χ0) is 25.3. The smallest absolute Gasteiger partial charge is 0.262 e. The van der Waals surface area contributed by atoms with E-state index in [2.05, 4.69) is 27.1 Å². The molecular formula is C27H33Cl2N5O2S. The Bertz CT molecular complexity index is 1240. The van der Waals surface area contributed by atoms with E-state index in [1.165, 1.54) is 24.2 Å². The van der Waals surface area contributed by atoms with Crippen molar-refractivity contribution in [3.05, 3.63) is 64.3 Å². The van der Waals surface area contributed by atoms with Crippen LogP contribution in [0.4, 0.5) is 0 Å². The minimum absolute atomic E-state index is 0. The van der Waals surface area contributed by atoms with Gasteiger partial charge in [-0.25, -0.2) is 0 Å². The van der Waals surface area contributed by atoms with Crippen LogP contribution in [0.15, 0.2) is 48.7 Å². The number of likely N-dealkylation sites (tertiary alicyclic amines) is 1. The van der Waals surface area contributed by atoms with Gasteiger partial charge in [0.25, 0.3) is 11.8 Å². The van der Waals surface area contributed by atoms with Crippen LogP contribution in [-0.2, 0) is 10.3 Å². The molecule has 37 heavy (non-hydrogen) atoms. The zero-order valence-electron chi connectivity index (χ0n) is 21.2. The fraction of sp³-hybridized carbons (Fsp3) is 0.444. The Morgan fingerprint density at radius 3 is 2.46 bits per heavy atom. The Morgan fingerprint density at radius 1 is 1.05 bits per heavy atom. The van der Waals surface area contributed by atoms with E-state index in [0.717, 1.165) is 36.3 Å². The second-order valence-electron chi connectivity index (χ2n) is 9.95. The van der Waals surface area contributed by atoms with Gasteiger partial charge in [0, 0.05) is 48.1 Å². The van der Waals surface area contributed by atoms with Crippen LogP contribution in [0.1, 0.15) is 35.1 Å². The van der Waals surface area contributed by atoms with Crippen molar-refractivity contribution in [2.24, 2.45) is 0 Å². The third-order valence-corrected chi connectivity index (χ3v) is 8.81. The largest absolute Gasteiger partial charge is 0.338 e.